The summed E-state index contributed by atoms with van der Waals surface area (Å²) in [6.45, 7) is 0.925. The van der Waals surface area contributed by atoms with E-state index in [0.717, 1.165) is 17.7 Å². The van der Waals surface area contributed by atoms with Crippen LogP contribution < -0.4 is 15.4 Å². The second kappa shape index (κ2) is 9.91. The van der Waals surface area contributed by atoms with E-state index in [2.05, 4.69) is 37.9 Å². The molecule has 1 amide bonds. The van der Waals surface area contributed by atoms with Crippen LogP contribution in [-0.2, 0) is 6.42 Å². The standard InChI is InChI=1S/C24H25N5O3/c1-25-23(30)17-7-9-19(10-8-17)32-12-11-26-24-27-15-20-21(28-24)13-18(14-22(20)29-31)16-5-3-2-4-6-16/h2-10,15,18,31H,11-14H2,1H3,(H,25,30)(H,26,27,28)/b29-22+. The van der Waals surface area contributed by atoms with E-state index >= 15 is 0 Å². The van der Waals surface area contributed by atoms with Crippen LogP contribution in [0.5, 0.6) is 5.75 Å². The summed E-state index contributed by atoms with van der Waals surface area (Å²) in [7, 11) is 1.60. The lowest BCUT2D eigenvalue weighted by atomic mass is 9.82. The van der Waals surface area contributed by atoms with Crippen molar-refractivity contribution in [3.05, 3.63) is 83.2 Å². The van der Waals surface area contributed by atoms with Gasteiger partial charge in [-0.1, -0.05) is 35.5 Å². The molecule has 1 aromatic heterocycles. The quantitative estimate of drug-likeness (QED) is 0.301. The van der Waals surface area contributed by atoms with Gasteiger partial charge in [0.1, 0.15) is 12.4 Å². The molecule has 164 valence electrons. The molecule has 3 aromatic rings. The first kappa shape index (κ1) is 21.3. The van der Waals surface area contributed by atoms with Crippen LogP contribution in [0.25, 0.3) is 0 Å². The Morgan fingerprint density at radius 1 is 1.16 bits per heavy atom. The Hall–Kier alpha value is -3.94. The van der Waals surface area contributed by atoms with Gasteiger partial charge < -0.3 is 20.6 Å². The van der Waals surface area contributed by atoms with Crippen molar-refractivity contribution >= 4 is 17.6 Å². The van der Waals surface area contributed by atoms with Crippen molar-refractivity contribution in [2.24, 2.45) is 5.16 Å². The Bertz CT molecular complexity index is 1100. The van der Waals surface area contributed by atoms with Crippen LogP contribution in [0.4, 0.5) is 5.95 Å². The molecule has 4 rings (SSSR count). The van der Waals surface area contributed by atoms with Crippen molar-refractivity contribution in [2.75, 3.05) is 25.5 Å². The van der Waals surface area contributed by atoms with E-state index in [4.69, 9.17) is 4.74 Å². The fourth-order valence-corrected chi connectivity index (χ4v) is 3.78. The average molecular weight is 431 g/mol. The molecule has 8 heteroatoms. The lowest BCUT2D eigenvalue weighted by Gasteiger charge is -2.25. The maximum atomic E-state index is 11.6. The van der Waals surface area contributed by atoms with Crippen LogP contribution in [0.15, 0.2) is 65.9 Å². The first-order valence-corrected chi connectivity index (χ1v) is 10.5. The van der Waals surface area contributed by atoms with Crippen LogP contribution in [0.3, 0.4) is 0 Å². The molecule has 1 aliphatic rings. The van der Waals surface area contributed by atoms with Crippen molar-refractivity contribution < 1.29 is 14.7 Å². The number of rotatable bonds is 7. The smallest absolute Gasteiger partial charge is 0.251 e. The van der Waals surface area contributed by atoms with Crippen molar-refractivity contribution in [1.29, 1.82) is 0 Å². The van der Waals surface area contributed by atoms with E-state index < -0.39 is 0 Å². The minimum absolute atomic E-state index is 0.133. The number of carbonyl (C=O) groups excluding carboxylic acids is 1. The molecule has 0 aliphatic heterocycles. The number of oxime groups is 1. The molecule has 32 heavy (non-hydrogen) atoms. The first-order valence-electron chi connectivity index (χ1n) is 10.5. The molecule has 1 atom stereocenters. The number of hydrogen-bond acceptors (Lipinski definition) is 7. The molecular formula is C24H25N5O3. The van der Waals surface area contributed by atoms with Crippen molar-refractivity contribution in [3.63, 3.8) is 0 Å². The highest BCUT2D eigenvalue weighted by Gasteiger charge is 2.27. The Balaban J connectivity index is 1.36. The van der Waals surface area contributed by atoms with E-state index in [9.17, 15) is 10.0 Å². The van der Waals surface area contributed by atoms with Gasteiger partial charge in [0.15, 0.2) is 0 Å². The summed E-state index contributed by atoms with van der Waals surface area (Å²) in [5, 5.41) is 18.8. The fraction of sp³-hybridized carbons (Fsp3) is 0.250. The molecule has 1 aliphatic carbocycles. The topological polar surface area (TPSA) is 109 Å². The van der Waals surface area contributed by atoms with Gasteiger partial charge in [-0.15, -0.1) is 0 Å². The number of nitrogens with zero attached hydrogens (tertiary/aromatic N) is 3. The van der Waals surface area contributed by atoms with Gasteiger partial charge in [-0.2, -0.15) is 0 Å². The van der Waals surface area contributed by atoms with Gasteiger partial charge >= 0.3 is 0 Å². The molecule has 2 aromatic carbocycles. The molecule has 8 nitrogen and oxygen atoms in total. The second-order valence-electron chi connectivity index (χ2n) is 7.50. The van der Waals surface area contributed by atoms with Crippen molar-refractivity contribution in [2.45, 2.75) is 18.8 Å². The van der Waals surface area contributed by atoms with E-state index in [1.54, 1.807) is 37.5 Å². The van der Waals surface area contributed by atoms with Gasteiger partial charge in [0.25, 0.3) is 5.91 Å². The van der Waals surface area contributed by atoms with Gasteiger partial charge in [-0.3, -0.25) is 4.79 Å². The highest BCUT2D eigenvalue weighted by molar-refractivity contribution is 6.02. The Labute approximate surface area is 186 Å². The number of anilines is 1. The zero-order valence-corrected chi connectivity index (χ0v) is 17.8. The Morgan fingerprint density at radius 3 is 2.66 bits per heavy atom. The van der Waals surface area contributed by atoms with E-state index in [0.29, 0.717) is 42.5 Å². The van der Waals surface area contributed by atoms with E-state index in [-0.39, 0.29) is 11.8 Å². The molecular weight excluding hydrogens is 406 g/mol. The van der Waals surface area contributed by atoms with Crippen molar-refractivity contribution in [1.82, 2.24) is 15.3 Å². The zero-order valence-electron chi connectivity index (χ0n) is 17.8. The third-order valence-corrected chi connectivity index (χ3v) is 5.45. The van der Waals surface area contributed by atoms with E-state index in [1.165, 1.54) is 5.56 Å². The molecule has 3 N–H and O–H groups in total. The van der Waals surface area contributed by atoms with Crippen LogP contribution in [0.1, 0.15) is 39.5 Å². The average Bonchev–Trinajstić information content (AvgIpc) is 2.86. The highest BCUT2D eigenvalue weighted by atomic mass is 16.5. The zero-order chi connectivity index (χ0) is 22.3. The summed E-state index contributed by atoms with van der Waals surface area (Å²) >= 11 is 0. The predicted octanol–water partition coefficient (Wildman–Crippen LogP) is 3.24. The van der Waals surface area contributed by atoms with Crippen LogP contribution in [0, 0.1) is 0 Å². The second-order valence-corrected chi connectivity index (χ2v) is 7.50. The number of aromatic nitrogens is 2. The molecule has 0 saturated carbocycles. The number of ether oxygens (including phenoxy) is 1. The molecule has 0 spiro atoms. The molecule has 1 heterocycles. The van der Waals surface area contributed by atoms with Crippen molar-refractivity contribution in [3.8, 4) is 5.75 Å². The molecule has 1 unspecified atom stereocenters. The Kier molecular flexibility index (Phi) is 6.60. The van der Waals surface area contributed by atoms with Gasteiger partial charge in [-0.25, -0.2) is 9.97 Å². The van der Waals surface area contributed by atoms with Gasteiger partial charge in [0.05, 0.1) is 18.0 Å². The summed E-state index contributed by atoms with van der Waals surface area (Å²) in [4.78, 5) is 20.6. The molecule has 0 radical (unpaired) electrons. The number of amides is 1. The summed E-state index contributed by atoms with van der Waals surface area (Å²) in [5.41, 5.74) is 4.04. The van der Waals surface area contributed by atoms with E-state index in [1.807, 2.05) is 18.2 Å². The maximum absolute atomic E-state index is 11.6. The largest absolute Gasteiger partial charge is 0.492 e. The summed E-state index contributed by atoms with van der Waals surface area (Å²) in [6, 6.07) is 17.2. The minimum atomic E-state index is -0.133. The first-order chi connectivity index (χ1) is 15.7. The third kappa shape index (κ3) is 4.85. The van der Waals surface area contributed by atoms with Gasteiger partial charge in [-0.05, 0) is 42.2 Å². The normalized spacial score (nSPS) is 16.3. The number of nitrogens with one attached hydrogen (secondary N) is 2. The third-order valence-electron chi connectivity index (χ3n) is 5.45. The Morgan fingerprint density at radius 2 is 1.94 bits per heavy atom. The highest BCUT2D eigenvalue weighted by Crippen LogP contribution is 2.32. The van der Waals surface area contributed by atoms with Gasteiger partial charge in [0, 0.05) is 30.8 Å². The van der Waals surface area contributed by atoms with Crippen LogP contribution >= 0.6 is 0 Å². The number of carbonyl (C=O) groups is 1. The monoisotopic (exact) mass is 431 g/mol. The molecule has 0 fully saturated rings. The summed E-state index contributed by atoms with van der Waals surface area (Å²) < 4.78 is 5.72. The van der Waals surface area contributed by atoms with Gasteiger partial charge in [0.2, 0.25) is 5.95 Å². The molecule has 0 saturated heterocycles. The summed E-state index contributed by atoms with van der Waals surface area (Å²) in [6.07, 6.45) is 3.11. The molecule has 0 bridgehead atoms. The SMILES string of the molecule is CNC(=O)c1ccc(OCCNc2ncc3c(n2)CC(c2ccccc2)C/C3=N\O)cc1. The minimum Gasteiger partial charge on any atom is -0.492 e. The predicted molar refractivity (Wildman–Crippen MR) is 122 cm³/mol. The number of benzene rings is 2. The van der Waals surface area contributed by atoms with Crippen LogP contribution in [-0.4, -0.2) is 47.0 Å². The fourth-order valence-electron chi connectivity index (χ4n) is 3.78. The lowest BCUT2D eigenvalue weighted by molar-refractivity contribution is 0.0963. The lowest BCUT2D eigenvalue weighted by Crippen LogP contribution is -2.22. The number of hydrogen-bond donors (Lipinski definition) is 3. The number of fused-ring (bicyclic) bond motifs is 1. The summed E-state index contributed by atoms with van der Waals surface area (Å²) in [5.74, 6) is 1.26. The van der Waals surface area contributed by atoms with Crippen LogP contribution in [0.2, 0.25) is 0 Å². The maximum Gasteiger partial charge on any atom is 0.251 e.